The van der Waals surface area contributed by atoms with Crippen LogP contribution in [0.3, 0.4) is 0 Å². The third-order valence-corrected chi connectivity index (χ3v) is 3.98. The van der Waals surface area contributed by atoms with Crippen molar-refractivity contribution in [2.45, 2.75) is 24.3 Å². The van der Waals surface area contributed by atoms with Crippen LogP contribution in [0.1, 0.15) is 13.3 Å². The third-order valence-electron chi connectivity index (χ3n) is 2.43. The van der Waals surface area contributed by atoms with Gasteiger partial charge in [-0.1, -0.05) is 0 Å². The third kappa shape index (κ3) is 5.07. The summed E-state index contributed by atoms with van der Waals surface area (Å²) in [7, 11) is 0.282. The van der Waals surface area contributed by atoms with E-state index < -0.39 is 10.0 Å². The zero-order chi connectivity index (χ0) is 14.5. The molecular weight excluding hydrogens is 268 g/mol. The Kier molecular flexibility index (Phi) is 5.60. The monoisotopic (exact) mass is 288 g/mol. The summed E-state index contributed by atoms with van der Waals surface area (Å²) < 4.78 is 26.6. The highest BCUT2D eigenvalue weighted by Crippen LogP contribution is 2.08. The molecule has 0 saturated heterocycles. The van der Waals surface area contributed by atoms with E-state index in [9.17, 15) is 8.42 Å². The summed E-state index contributed by atoms with van der Waals surface area (Å²) in [5.41, 5.74) is 2.24. The minimum atomic E-state index is -3.59. The van der Waals surface area contributed by atoms with Crippen LogP contribution in [0.15, 0.2) is 17.3 Å². The van der Waals surface area contributed by atoms with Crippen molar-refractivity contribution < 1.29 is 8.42 Å². The molecule has 0 aliphatic heterocycles. The van der Waals surface area contributed by atoms with Crippen LogP contribution in [0.4, 0.5) is 5.95 Å². The van der Waals surface area contributed by atoms with Crippen LogP contribution in [-0.2, 0) is 10.0 Å². The van der Waals surface area contributed by atoms with E-state index in [4.69, 9.17) is 5.84 Å². The van der Waals surface area contributed by atoms with Gasteiger partial charge < -0.3 is 4.90 Å². The van der Waals surface area contributed by atoms with Crippen molar-refractivity contribution in [1.82, 2.24) is 19.6 Å². The number of sulfonamides is 1. The molecule has 19 heavy (non-hydrogen) atoms. The maximum absolute atomic E-state index is 12.0. The maximum atomic E-state index is 12.0. The lowest BCUT2D eigenvalue weighted by molar-refractivity contribution is 0.379. The highest BCUT2D eigenvalue weighted by Gasteiger charge is 2.18. The number of rotatable bonds is 7. The lowest BCUT2D eigenvalue weighted by Gasteiger charge is -2.16. The molecule has 0 aliphatic carbocycles. The largest absolute Gasteiger partial charge is 0.309 e. The molecule has 9 heteroatoms. The Balaban J connectivity index is 2.69. The number of hydrogen-bond acceptors (Lipinski definition) is 7. The van der Waals surface area contributed by atoms with Gasteiger partial charge in [0.15, 0.2) is 0 Å². The van der Waals surface area contributed by atoms with E-state index in [1.165, 1.54) is 12.4 Å². The molecule has 0 radical (unpaired) electrons. The van der Waals surface area contributed by atoms with Crippen LogP contribution >= 0.6 is 0 Å². The van der Waals surface area contributed by atoms with Crippen molar-refractivity contribution in [3.05, 3.63) is 12.4 Å². The molecule has 1 rings (SSSR count). The Morgan fingerprint density at radius 3 is 2.42 bits per heavy atom. The topological polar surface area (TPSA) is 113 Å². The molecule has 0 saturated carbocycles. The lowest BCUT2D eigenvalue weighted by Crippen LogP contribution is -2.35. The van der Waals surface area contributed by atoms with Crippen LogP contribution in [0.25, 0.3) is 0 Å². The first kappa shape index (κ1) is 15.8. The molecule has 4 N–H and O–H groups in total. The van der Waals surface area contributed by atoms with E-state index in [0.717, 1.165) is 13.0 Å². The molecule has 108 valence electrons. The molecule has 1 aromatic rings. The second kappa shape index (κ2) is 6.75. The average molecular weight is 288 g/mol. The summed E-state index contributed by atoms with van der Waals surface area (Å²) in [5.74, 6) is 5.28. The van der Waals surface area contributed by atoms with E-state index in [1.807, 2.05) is 25.9 Å². The minimum Gasteiger partial charge on any atom is -0.309 e. The Morgan fingerprint density at radius 1 is 1.37 bits per heavy atom. The first-order valence-electron chi connectivity index (χ1n) is 5.81. The van der Waals surface area contributed by atoms with Crippen LogP contribution in [0, 0.1) is 0 Å². The maximum Gasteiger partial charge on any atom is 0.243 e. The Labute approximate surface area is 113 Å². The van der Waals surface area contributed by atoms with Crippen LogP contribution < -0.4 is 16.0 Å². The van der Waals surface area contributed by atoms with E-state index >= 15 is 0 Å². The highest BCUT2D eigenvalue weighted by molar-refractivity contribution is 7.89. The van der Waals surface area contributed by atoms with Crippen molar-refractivity contribution in [1.29, 1.82) is 0 Å². The molecule has 1 aromatic heterocycles. The van der Waals surface area contributed by atoms with Gasteiger partial charge in [-0.2, -0.15) is 0 Å². The minimum absolute atomic E-state index is 0.0169. The molecule has 0 amide bonds. The van der Waals surface area contributed by atoms with Crippen LogP contribution in [-0.4, -0.2) is 50.0 Å². The summed E-state index contributed by atoms with van der Waals surface area (Å²) in [5, 5.41) is 0. The van der Waals surface area contributed by atoms with Gasteiger partial charge in [-0.3, -0.25) is 5.43 Å². The van der Waals surface area contributed by atoms with Gasteiger partial charge in [-0.25, -0.2) is 29.0 Å². The molecule has 1 unspecified atom stereocenters. The lowest BCUT2D eigenvalue weighted by atomic mass is 10.2. The van der Waals surface area contributed by atoms with Crippen LogP contribution in [0.2, 0.25) is 0 Å². The Hall–Kier alpha value is -1.29. The van der Waals surface area contributed by atoms with Crippen molar-refractivity contribution >= 4 is 16.0 Å². The fourth-order valence-corrected chi connectivity index (χ4v) is 2.54. The number of nitrogen functional groups attached to an aromatic ring is 1. The van der Waals surface area contributed by atoms with Gasteiger partial charge >= 0.3 is 0 Å². The highest BCUT2D eigenvalue weighted by atomic mass is 32.2. The van der Waals surface area contributed by atoms with Gasteiger partial charge in [0.1, 0.15) is 4.90 Å². The molecule has 0 aliphatic rings. The van der Waals surface area contributed by atoms with Gasteiger partial charge in [0.2, 0.25) is 16.0 Å². The summed E-state index contributed by atoms with van der Waals surface area (Å²) in [6.07, 6.45) is 3.14. The molecule has 8 nitrogen and oxygen atoms in total. The summed E-state index contributed by atoms with van der Waals surface area (Å²) in [6.45, 7) is 2.62. The molecule has 1 heterocycles. The van der Waals surface area contributed by atoms with Crippen molar-refractivity contribution in [2.75, 3.05) is 26.1 Å². The summed E-state index contributed by atoms with van der Waals surface area (Å²) >= 11 is 0. The molecule has 0 aromatic carbocycles. The smallest absolute Gasteiger partial charge is 0.243 e. The van der Waals surface area contributed by atoms with Gasteiger partial charge in [0, 0.05) is 6.04 Å². The number of nitrogens with one attached hydrogen (secondary N) is 2. The zero-order valence-electron chi connectivity index (χ0n) is 11.3. The summed E-state index contributed by atoms with van der Waals surface area (Å²) in [4.78, 5) is 9.55. The van der Waals surface area contributed by atoms with E-state index in [-0.39, 0.29) is 16.9 Å². The van der Waals surface area contributed by atoms with Crippen molar-refractivity contribution in [3.8, 4) is 0 Å². The molecule has 0 spiro atoms. The predicted octanol–water partition coefficient (Wildman–Crippen LogP) is -0.619. The van der Waals surface area contributed by atoms with Gasteiger partial charge in [0.25, 0.3) is 0 Å². The zero-order valence-corrected chi connectivity index (χ0v) is 12.1. The van der Waals surface area contributed by atoms with Crippen molar-refractivity contribution in [2.24, 2.45) is 5.84 Å². The van der Waals surface area contributed by atoms with Gasteiger partial charge in [-0.15, -0.1) is 0 Å². The number of nitrogens with zero attached hydrogens (tertiary/aromatic N) is 3. The molecule has 0 bridgehead atoms. The second-order valence-corrected chi connectivity index (χ2v) is 6.21. The van der Waals surface area contributed by atoms with Gasteiger partial charge in [0.05, 0.1) is 12.4 Å². The molecule has 1 atom stereocenters. The SMILES string of the molecule is CC(CCN(C)C)NS(=O)(=O)c1cnc(NN)nc1. The first-order chi connectivity index (χ1) is 8.85. The Morgan fingerprint density at radius 2 is 1.95 bits per heavy atom. The fraction of sp³-hybridized carbons (Fsp3) is 0.600. The standard InChI is InChI=1S/C10H20N6O2S/c1-8(4-5-16(2)3)15-19(17,18)9-6-12-10(14-11)13-7-9/h6-8,15H,4-5,11H2,1-3H3,(H,12,13,14). The summed E-state index contributed by atoms with van der Waals surface area (Å²) in [6, 6.07) is -0.167. The fourth-order valence-electron chi connectivity index (χ4n) is 1.37. The molecular formula is C10H20N6O2S. The second-order valence-electron chi connectivity index (χ2n) is 4.50. The quantitative estimate of drug-likeness (QED) is 0.452. The predicted molar refractivity (Wildman–Crippen MR) is 72.8 cm³/mol. The van der Waals surface area contributed by atoms with Gasteiger partial charge in [-0.05, 0) is 34.0 Å². The van der Waals surface area contributed by atoms with Crippen LogP contribution in [0.5, 0.6) is 0 Å². The number of nitrogens with two attached hydrogens (primary N) is 1. The Bertz CT molecular complexity index is 487. The normalized spacial score (nSPS) is 13.5. The average Bonchev–Trinajstić information content (AvgIpc) is 2.36. The van der Waals surface area contributed by atoms with Crippen molar-refractivity contribution in [3.63, 3.8) is 0 Å². The number of hydrogen-bond donors (Lipinski definition) is 3. The first-order valence-corrected chi connectivity index (χ1v) is 7.29. The number of aromatic nitrogens is 2. The van der Waals surface area contributed by atoms with E-state index in [1.54, 1.807) is 0 Å². The number of anilines is 1. The van der Waals surface area contributed by atoms with E-state index in [2.05, 4.69) is 20.1 Å². The van der Waals surface area contributed by atoms with E-state index in [0.29, 0.717) is 0 Å². The molecule has 0 fully saturated rings. The number of hydrazine groups is 1.